The summed E-state index contributed by atoms with van der Waals surface area (Å²) in [6.45, 7) is 0.735. The van der Waals surface area contributed by atoms with E-state index in [1.165, 1.54) is 17.0 Å². The highest BCUT2D eigenvalue weighted by molar-refractivity contribution is 5.93. The van der Waals surface area contributed by atoms with E-state index < -0.39 is 0 Å². The quantitative estimate of drug-likeness (QED) is 0.876. The van der Waals surface area contributed by atoms with E-state index in [1.54, 1.807) is 31.1 Å². The highest BCUT2D eigenvalue weighted by Crippen LogP contribution is 2.13. The first-order valence-electron chi connectivity index (χ1n) is 8.02. The third-order valence-electron chi connectivity index (χ3n) is 3.81. The van der Waals surface area contributed by atoms with Gasteiger partial charge in [0, 0.05) is 39.3 Å². The number of benzene rings is 2. The molecular formula is C19H22FN3O2. The second-order valence-electron chi connectivity index (χ2n) is 5.75. The van der Waals surface area contributed by atoms with Gasteiger partial charge in [-0.15, -0.1) is 0 Å². The Hall–Kier alpha value is -2.89. The molecule has 0 aliphatic rings. The first kappa shape index (κ1) is 18.4. The number of hydrogen-bond acceptors (Lipinski definition) is 2. The minimum absolute atomic E-state index is 0.155. The molecule has 0 aliphatic carbocycles. The number of hydrogen-bond donors (Lipinski definition) is 1. The second kappa shape index (κ2) is 8.82. The number of halogens is 1. The van der Waals surface area contributed by atoms with Gasteiger partial charge < -0.3 is 15.1 Å². The third-order valence-corrected chi connectivity index (χ3v) is 3.81. The lowest BCUT2D eigenvalue weighted by Crippen LogP contribution is -2.39. The highest BCUT2D eigenvalue weighted by atomic mass is 19.1. The van der Waals surface area contributed by atoms with Crippen molar-refractivity contribution in [2.24, 2.45) is 0 Å². The Morgan fingerprint density at radius 2 is 1.64 bits per heavy atom. The van der Waals surface area contributed by atoms with E-state index in [-0.39, 0.29) is 30.7 Å². The fourth-order valence-electron chi connectivity index (χ4n) is 2.32. The van der Waals surface area contributed by atoms with Crippen molar-refractivity contribution in [3.05, 3.63) is 66.0 Å². The molecule has 0 aliphatic heterocycles. The van der Waals surface area contributed by atoms with Crippen LogP contribution in [0, 0.1) is 5.82 Å². The molecule has 0 unspecified atom stereocenters. The van der Waals surface area contributed by atoms with E-state index in [1.807, 2.05) is 30.3 Å². The lowest BCUT2D eigenvalue weighted by molar-refractivity contribution is -0.118. The van der Waals surface area contributed by atoms with Gasteiger partial charge in [-0.2, -0.15) is 0 Å². The number of nitrogens with zero attached hydrogens (tertiary/aromatic N) is 2. The van der Waals surface area contributed by atoms with Crippen molar-refractivity contribution >= 4 is 17.6 Å². The Morgan fingerprint density at radius 1 is 1.00 bits per heavy atom. The van der Waals surface area contributed by atoms with Gasteiger partial charge >= 0.3 is 6.03 Å². The van der Waals surface area contributed by atoms with Gasteiger partial charge in [-0.1, -0.05) is 30.3 Å². The normalized spacial score (nSPS) is 10.2. The van der Waals surface area contributed by atoms with Crippen molar-refractivity contribution < 1.29 is 14.0 Å². The highest BCUT2D eigenvalue weighted by Gasteiger charge is 2.13. The van der Waals surface area contributed by atoms with Crippen LogP contribution in [0.3, 0.4) is 0 Å². The fourth-order valence-corrected chi connectivity index (χ4v) is 2.32. The van der Waals surface area contributed by atoms with Crippen LogP contribution in [0.1, 0.15) is 12.0 Å². The van der Waals surface area contributed by atoms with Gasteiger partial charge in [-0.3, -0.25) is 4.79 Å². The van der Waals surface area contributed by atoms with Gasteiger partial charge in [0.1, 0.15) is 5.82 Å². The summed E-state index contributed by atoms with van der Waals surface area (Å²) in [5.41, 5.74) is 1.64. The molecule has 2 rings (SSSR count). The van der Waals surface area contributed by atoms with Gasteiger partial charge in [0.05, 0.1) is 0 Å². The van der Waals surface area contributed by atoms with Crippen LogP contribution >= 0.6 is 0 Å². The maximum Gasteiger partial charge on any atom is 0.317 e. The van der Waals surface area contributed by atoms with Crippen LogP contribution in [0.2, 0.25) is 0 Å². The molecule has 6 heteroatoms. The summed E-state index contributed by atoms with van der Waals surface area (Å²) in [5.74, 6) is -0.504. The second-order valence-corrected chi connectivity index (χ2v) is 5.75. The molecule has 0 saturated carbocycles. The number of carbonyl (C=O) groups is 2. The van der Waals surface area contributed by atoms with Gasteiger partial charge in [-0.25, -0.2) is 9.18 Å². The van der Waals surface area contributed by atoms with E-state index in [2.05, 4.69) is 5.32 Å². The zero-order chi connectivity index (χ0) is 18.2. The van der Waals surface area contributed by atoms with Crippen molar-refractivity contribution in [2.75, 3.05) is 25.5 Å². The maximum atomic E-state index is 12.9. The molecule has 0 spiro atoms. The SMILES string of the molecule is CN(Cc1ccccc1)C(=O)NCCC(=O)N(C)c1ccc(F)cc1. The predicted octanol–water partition coefficient (Wildman–Crippen LogP) is 3.02. The molecule has 2 aromatic rings. The summed E-state index contributed by atoms with van der Waals surface area (Å²) in [5, 5.41) is 2.73. The van der Waals surface area contributed by atoms with E-state index in [4.69, 9.17) is 0 Å². The van der Waals surface area contributed by atoms with Crippen molar-refractivity contribution in [1.82, 2.24) is 10.2 Å². The summed E-state index contributed by atoms with van der Waals surface area (Å²) in [7, 11) is 3.33. The van der Waals surface area contributed by atoms with E-state index >= 15 is 0 Å². The Kier molecular flexibility index (Phi) is 6.51. The van der Waals surface area contributed by atoms with E-state index in [9.17, 15) is 14.0 Å². The van der Waals surface area contributed by atoms with Gasteiger partial charge in [-0.05, 0) is 29.8 Å². The zero-order valence-corrected chi connectivity index (χ0v) is 14.4. The van der Waals surface area contributed by atoms with E-state index in [0.717, 1.165) is 5.56 Å². The minimum Gasteiger partial charge on any atom is -0.337 e. The maximum absolute atomic E-state index is 12.9. The van der Waals surface area contributed by atoms with Crippen molar-refractivity contribution in [3.8, 4) is 0 Å². The van der Waals surface area contributed by atoms with Gasteiger partial charge in [0.15, 0.2) is 0 Å². The molecular weight excluding hydrogens is 321 g/mol. The third kappa shape index (κ3) is 5.60. The molecule has 0 saturated heterocycles. The Morgan fingerprint density at radius 3 is 2.28 bits per heavy atom. The standard InChI is InChI=1S/C19H22FN3O2/c1-22(14-15-6-4-3-5-7-15)19(25)21-13-12-18(24)23(2)17-10-8-16(20)9-11-17/h3-11H,12-14H2,1-2H3,(H,21,25). The summed E-state index contributed by atoms with van der Waals surface area (Å²) < 4.78 is 12.9. The van der Waals surface area contributed by atoms with Crippen molar-refractivity contribution in [1.29, 1.82) is 0 Å². The Bertz CT molecular complexity index is 704. The molecule has 2 aromatic carbocycles. The number of amides is 3. The first-order chi connectivity index (χ1) is 12.0. The number of rotatable bonds is 6. The molecule has 0 heterocycles. The number of carbonyl (C=O) groups excluding carboxylic acids is 2. The smallest absolute Gasteiger partial charge is 0.317 e. The molecule has 0 atom stereocenters. The lowest BCUT2D eigenvalue weighted by Gasteiger charge is -2.20. The Balaban J connectivity index is 1.76. The number of anilines is 1. The number of urea groups is 1. The molecule has 0 radical (unpaired) electrons. The van der Waals surface area contributed by atoms with Crippen LogP contribution < -0.4 is 10.2 Å². The van der Waals surface area contributed by atoms with Crippen LogP contribution in [0.15, 0.2) is 54.6 Å². The molecule has 25 heavy (non-hydrogen) atoms. The van der Waals surface area contributed by atoms with Crippen LogP contribution in [-0.2, 0) is 11.3 Å². The Labute approximate surface area is 147 Å². The summed E-state index contributed by atoms with van der Waals surface area (Å²) in [4.78, 5) is 27.2. The topological polar surface area (TPSA) is 52.7 Å². The largest absolute Gasteiger partial charge is 0.337 e. The molecule has 0 fully saturated rings. The van der Waals surface area contributed by atoms with Crippen LogP contribution in [0.5, 0.6) is 0 Å². The molecule has 3 amide bonds. The van der Waals surface area contributed by atoms with Gasteiger partial charge in [0.2, 0.25) is 5.91 Å². The molecule has 5 nitrogen and oxygen atoms in total. The van der Waals surface area contributed by atoms with Crippen LogP contribution in [0.4, 0.5) is 14.9 Å². The molecule has 0 bridgehead atoms. The average molecular weight is 343 g/mol. The zero-order valence-electron chi connectivity index (χ0n) is 14.4. The van der Waals surface area contributed by atoms with E-state index in [0.29, 0.717) is 12.2 Å². The average Bonchev–Trinajstić information content (AvgIpc) is 2.62. The fraction of sp³-hybridized carbons (Fsp3) is 0.263. The number of nitrogens with one attached hydrogen (secondary N) is 1. The van der Waals surface area contributed by atoms with Crippen molar-refractivity contribution in [2.45, 2.75) is 13.0 Å². The summed E-state index contributed by atoms with van der Waals surface area (Å²) in [6.07, 6.45) is 0.165. The summed E-state index contributed by atoms with van der Waals surface area (Å²) in [6, 6.07) is 15.1. The first-order valence-corrected chi connectivity index (χ1v) is 8.02. The predicted molar refractivity (Wildman–Crippen MR) is 95.7 cm³/mol. The molecule has 0 aromatic heterocycles. The summed E-state index contributed by atoms with van der Waals surface area (Å²) >= 11 is 0. The lowest BCUT2D eigenvalue weighted by atomic mass is 10.2. The van der Waals surface area contributed by atoms with Crippen molar-refractivity contribution in [3.63, 3.8) is 0 Å². The minimum atomic E-state index is -0.349. The van der Waals surface area contributed by atoms with Crippen LogP contribution in [-0.4, -0.2) is 37.5 Å². The molecule has 1 N–H and O–H groups in total. The van der Waals surface area contributed by atoms with Gasteiger partial charge in [0.25, 0.3) is 0 Å². The molecule has 132 valence electrons. The monoisotopic (exact) mass is 343 g/mol. The van der Waals surface area contributed by atoms with Crippen LogP contribution in [0.25, 0.3) is 0 Å².